The van der Waals surface area contributed by atoms with E-state index in [-0.39, 0.29) is 0 Å². The predicted molar refractivity (Wildman–Crippen MR) is 100 cm³/mol. The smallest absolute Gasteiger partial charge is 0.299 e. The van der Waals surface area contributed by atoms with Gasteiger partial charge in [0.15, 0.2) is 0 Å². The van der Waals surface area contributed by atoms with Crippen molar-refractivity contribution in [2.75, 3.05) is 10.6 Å². The van der Waals surface area contributed by atoms with Gasteiger partial charge in [0.2, 0.25) is 5.95 Å². The monoisotopic (exact) mass is 346 g/mol. The molecule has 0 amide bonds. The standard InChI is InChI=1S/C19H18N6O/c1-13-8-15(10-16(9-13)23-19-20-11-14(2)26-19)22-18-21-12-25(24-18)17-6-4-3-5-7-17/h3-12H,1-2H3,(H,20,23)(H,22,24). The Morgan fingerprint density at radius 1 is 0.923 bits per heavy atom. The summed E-state index contributed by atoms with van der Waals surface area (Å²) in [6.07, 6.45) is 3.36. The van der Waals surface area contributed by atoms with Crippen LogP contribution in [0, 0.1) is 13.8 Å². The summed E-state index contributed by atoms with van der Waals surface area (Å²) in [5, 5.41) is 10.9. The number of hydrogen-bond acceptors (Lipinski definition) is 6. The number of aromatic nitrogens is 4. The van der Waals surface area contributed by atoms with Crippen LogP contribution < -0.4 is 10.6 Å². The van der Waals surface area contributed by atoms with Crippen LogP contribution in [0.5, 0.6) is 0 Å². The lowest BCUT2D eigenvalue weighted by Crippen LogP contribution is -1.98. The lowest BCUT2D eigenvalue weighted by atomic mass is 10.2. The minimum atomic E-state index is 0.463. The third-order valence-electron chi connectivity index (χ3n) is 3.72. The topological polar surface area (TPSA) is 80.8 Å². The molecule has 0 radical (unpaired) electrons. The second-order valence-corrected chi connectivity index (χ2v) is 5.96. The van der Waals surface area contributed by atoms with Crippen LogP contribution in [-0.2, 0) is 0 Å². The summed E-state index contributed by atoms with van der Waals surface area (Å²) in [5.74, 6) is 1.28. The summed E-state index contributed by atoms with van der Waals surface area (Å²) in [6.45, 7) is 3.88. The molecular weight excluding hydrogens is 328 g/mol. The lowest BCUT2D eigenvalue weighted by Gasteiger charge is -2.08. The van der Waals surface area contributed by atoms with Crippen molar-refractivity contribution >= 4 is 23.3 Å². The van der Waals surface area contributed by atoms with E-state index in [1.54, 1.807) is 17.2 Å². The molecule has 2 N–H and O–H groups in total. The highest BCUT2D eigenvalue weighted by Gasteiger charge is 2.06. The molecule has 2 heterocycles. The highest BCUT2D eigenvalue weighted by Crippen LogP contribution is 2.24. The van der Waals surface area contributed by atoms with Crippen molar-refractivity contribution in [3.05, 3.63) is 72.4 Å². The van der Waals surface area contributed by atoms with Crippen molar-refractivity contribution in [2.45, 2.75) is 13.8 Å². The number of hydrogen-bond donors (Lipinski definition) is 2. The molecule has 130 valence electrons. The fourth-order valence-corrected chi connectivity index (χ4v) is 2.62. The minimum absolute atomic E-state index is 0.463. The Morgan fingerprint density at radius 3 is 2.42 bits per heavy atom. The molecule has 2 aromatic heterocycles. The zero-order valence-corrected chi connectivity index (χ0v) is 14.5. The second-order valence-electron chi connectivity index (χ2n) is 5.96. The number of benzene rings is 2. The molecule has 7 heteroatoms. The van der Waals surface area contributed by atoms with E-state index in [4.69, 9.17) is 4.42 Å². The average Bonchev–Trinajstić information content (AvgIpc) is 3.24. The molecule has 7 nitrogen and oxygen atoms in total. The Bertz CT molecular complexity index is 1020. The van der Waals surface area contributed by atoms with Gasteiger partial charge >= 0.3 is 0 Å². The summed E-state index contributed by atoms with van der Waals surface area (Å²) in [6, 6.07) is 16.3. The summed E-state index contributed by atoms with van der Waals surface area (Å²) < 4.78 is 7.20. The van der Waals surface area contributed by atoms with Gasteiger partial charge in [0.25, 0.3) is 6.01 Å². The Morgan fingerprint density at radius 2 is 1.69 bits per heavy atom. The number of nitrogens with one attached hydrogen (secondary N) is 2. The fourth-order valence-electron chi connectivity index (χ4n) is 2.62. The van der Waals surface area contributed by atoms with Crippen LogP contribution in [-0.4, -0.2) is 19.7 Å². The molecule has 0 aliphatic rings. The van der Waals surface area contributed by atoms with E-state index in [1.165, 1.54) is 0 Å². The first-order chi connectivity index (χ1) is 12.7. The van der Waals surface area contributed by atoms with Crippen molar-refractivity contribution in [1.82, 2.24) is 19.7 Å². The fraction of sp³-hybridized carbons (Fsp3) is 0.105. The van der Waals surface area contributed by atoms with E-state index >= 15 is 0 Å². The van der Waals surface area contributed by atoms with Gasteiger partial charge in [0, 0.05) is 11.4 Å². The first-order valence-corrected chi connectivity index (χ1v) is 8.21. The van der Waals surface area contributed by atoms with Gasteiger partial charge < -0.3 is 15.1 Å². The maximum absolute atomic E-state index is 5.47. The van der Waals surface area contributed by atoms with Crippen LogP contribution in [0.4, 0.5) is 23.3 Å². The Labute approximate surface area is 150 Å². The van der Waals surface area contributed by atoms with Crippen molar-refractivity contribution in [3.8, 4) is 5.69 Å². The maximum Gasteiger partial charge on any atom is 0.299 e. The number of nitrogens with zero attached hydrogens (tertiary/aromatic N) is 4. The highest BCUT2D eigenvalue weighted by atomic mass is 16.4. The molecule has 0 saturated heterocycles. The van der Waals surface area contributed by atoms with E-state index in [0.717, 1.165) is 28.4 Å². The average molecular weight is 346 g/mol. The number of rotatable bonds is 5. The van der Waals surface area contributed by atoms with E-state index in [9.17, 15) is 0 Å². The molecule has 26 heavy (non-hydrogen) atoms. The van der Waals surface area contributed by atoms with Crippen LogP contribution in [0.3, 0.4) is 0 Å². The lowest BCUT2D eigenvalue weighted by molar-refractivity contribution is 0.546. The summed E-state index contributed by atoms with van der Waals surface area (Å²) in [4.78, 5) is 8.49. The Hall–Kier alpha value is -3.61. The summed E-state index contributed by atoms with van der Waals surface area (Å²) >= 11 is 0. The summed E-state index contributed by atoms with van der Waals surface area (Å²) in [5.41, 5.74) is 3.79. The van der Waals surface area contributed by atoms with Crippen LogP contribution in [0.15, 0.2) is 65.5 Å². The van der Waals surface area contributed by atoms with Crippen LogP contribution >= 0.6 is 0 Å². The van der Waals surface area contributed by atoms with Crippen molar-refractivity contribution in [2.24, 2.45) is 0 Å². The van der Waals surface area contributed by atoms with Crippen molar-refractivity contribution in [3.63, 3.8) is 0 Å². The van der Waals surface area contributed by atoms with Crippen molar-refractivity contribution < 1.29 is 4.42 Å². The normalized spacial score (nSPS) is 10.7. The quantitative estimate of drug-likeness (QED) is 0.559. The molecule has 0 aliphatic heterocycles. The zero-order valence-electron chi connectivity index (χ0n) is 14.5. The van der Waals surface area contributed by atoms with Crippen LogP contribution in [0.1, 0.15) is 11.3 Å². The van der Waals surface area contributed by atoms with E-state index in [2.05, 4.69) is 25.7 Å². The van der Waals surface area contributed by atoms with Crippen LogP contribution in [0.2, 0.25) is 0 Å². The molecule has 0 unspecified atom stereocenters. The van der Waals surface area contributed by atoms with Gasteiger partial charge in [-0.2, -0.15) is 4.98 Å². The molecule has 4 aromatic rings. The van der Waals surface area contributed by atoms with Gasteiger partial charge in [0.1, 0.15) is 12.1 Å². The number of oxazole rings is 1. The van der Waals surface area contributed by atoms with Gasteiger partial charge in [-0.1, -0.05) is 18.2 Å². The first kappa shape index (κ1) is 15.9. The second kappa shape index (κ2) is 6.72. The molecule has 4 rings (SSSR count). The molecule has 0 saturated carbocycles. The third-order valence-corrected chi connectivity index (χ3v) is 3.72. The predicted octanol–water partition coefficient (Wildman–Crippen LogP) is 4.36. The SMILES string of the molecule is Cc1cc(Nc2ncn(-c3ccccc3)n2)cc(Nc2ncc(C)o2)c1. The number of anilines is 4. The van der Waals surface area contributed by atoms with Gasteiger partial charge in [-0.05, 0) is 49.7 Å². The Balaban J connectivity index is 1.54. The van der Waals surface area contributed by atoms with E-state index < -0.39 is 0 Å². The van der Waals surface area contributed by atoms with Crippen molar-refractivity contribution in [1.29, 1.82) is 0 Å². The van der Waals surface area contributed by atoms with E-state index in [1.807, 2.05) is 62.4 Å². The zero-order chi connectivity index (χ0) is 17.9. The first-order valence-electron chi connectivity index (χ1n) is 8.21. The number of aryl methyl sites for hydroxylation is 2. The van der Waals surface area contributed by atoms with E-state index in [0.29, 0.717) is 12.0 Å². The molecule has 0 aliphatic carbocycles. The minimum Gasteiger partial charge on any atom is -0.429 e. The molecule has 0 spiro atoms. The van der Waals surface area contributed by atoms with Gasteiger partial charge in [-0.3, -0.25) is 0 Å². The molecule has 0 fully saturated rings. The molecule has 2 aromatic carbocycles. The van der Waals surface area contributed by atoms with Gasteiger partial charge in [0.05, 0.1) is 11.9 Å². The highest BCUT2D eigenvalue weighted by molar-refractivity contribution is 5.65. The third kappa shape index (κ3) is 3.56. The Kier molecular flexibility index (Phi) is 4.10. The molecular formula is C19H18N6O. The number of para-hydroxylation sites is 1. The maximum atomic E-state index is 5.47. The summed E-state index contributed by atoms with van der Waals surface area (Å²) in [7, 11) is 0. The van der Waals surface area contributed by atoms with Crippen LogP contribution in [0.25, 0.3) is 5.69 Å². The van der Waals surface area contributed by atoms with Gasteiger partial charge in [-0.15, -0.1) is 5.10 Å². The van der Waals surface area contributed by atoms with Gasteiger partial charge in [-0.25, -0.2) is 9.67 Å². The molecule has 0 atom stereocenters. The molecule has 0 bridgehead atoms. The largest absolute Gasteiger partial charge is 0.429 e.